The molecule has 0 fully saturated rings. The highest BCUT2D eigenvalue weighted by atomic mass is 16.5. The summed E-state index contributed by atoms with van der Waals surface area (Å²) >= 11 is 0. The zero-order valence-corrected chi connectivity index (χ0v) is 15.5. The third-order valence-electron chi connectivity index (χ3n) is 4.60. The van der Waals surface area contributed by atoms with Crippen LogP contribution in [0.5, 0.6) is 0 Å². The molecule has 1 amide bonds. The van der Waals surface area contributed by atoms with Gasteiger partial charge in [-0.1, -0.05) is 12.1 Å². The van der Waals surface area contributed by atoms with Crippen molar-refractivity contribution in [3.8, 4) is 0 Å². The normalized spacial score (nSPS) is 14.3. The molecule has 0 radical (unpaired) electrons. The van der Waals surface area contributed by atoms with E-state index in [0.29, 0.717) is 12.2 Å². The molecule has 1 heterocycles. The third-order valence-corrected chi connectivity index (χ3v) is 4.60. The standard InChI is InChI=1S/C21H25N3O2/c1-4-24(12-13-26-3)17-10-8-16(9-11-17)22-14-18-20-15(2)6-5-7-19(20)23-21(18)25/h5-11,14,22H,4,12-13H2,1-3H3,(H,23,25). The highest BCUT2D eigenvalue weighted by molar-refractivity contribution is 6.32. The maximum Gasteiger partial charge on any atom is 0.257 e. The first kappa shape index (κ1) is 18.0. The molecular formula is C21H25N3O2. The fraction of sp³-hybridized carbons (Fsp3) is 0.286. The molecule has 1 aliphatic heterocycles. The number of methoxy groups -OCH3 is 1. The summed E-state index contributed by atoms with van der Waals surface area (Å²) in [6, 6.07) is 14.1. The Hall–Kier alpha value is -2.79. The molecule has 1 aliphatic rings. The first-order valence-corrected chi connectivity index (χ1v) is 8.86. The van der Waals surface area contributed by atoms with Crippen LogP contribution in [0.25, 0.3) is 5.57 Å². The number of amides is 1. The molecule has 2 aromatic carbocycles. The van der Waals surface area contributed by atoms with Gasteiger partial charge in [-0.15, -0.1) is 0 Å². The van der Waals surface area contributed by atoms with Gasteiger partial charge >= 0.3 is 0 Å². The summed E-state index contributed by atoms with van der Waals surface area (Å²) < 4.78 is 5.16. The predicted molar refractivity (Wildman–Crippen MR) is 108 cm³/mol. The Bertz CT molecular complexity index is 813. The molecular weight excluding hydrogens is 326 g/mol. The number of hydrogen-bond acceptors (Lipinski definition) is 4. The lowest BCUT2D eigenvalue weighted by molar-refractivity contribution is -0.110. The van der Waals surface area contributed by atoms with E-state index in [0.717, 1.165) is 41.3 Å². The van der Waals surface area contributed by atoms with E-state index in [1.165, 1.54) is 0 Å². The zero-order valence-electron chi connectivity index (χ0n) is 15.5. The molecule has 0 aromatic heterocycles. The van der Waals surface area contributed by atoms with E-state index in [2.05, 4.69) is 34.6 Å². The Balaban J connectivity index is 1.74. The van der Waals surface area contributed by atoms with Crippen LogP contribution in [0.15, 0.2) is 48.7 Å². The van der Waals surface area contributed by atoms with Crippen molar-refractivity contribution in [3.05, 3.63) is 59.8 Å². The molecule has 0 saturated carbocycles. The van der Waals surface area contributed by atoms with Gasteiger partial charge in [0.05, 0.1) is 12.2 Å². The van der Waals surface area contributed by atoms with Crippen LogP contribution in [0, 0.1) is 6.92 Å². The summed E-state index contributed by atoms with van der Waals surface area (Å²) in [6.45, 7) is 6.64. The van der Waals surface area contributed by atoms with Gasteiger partial charge in [0.1, 0.15) is 0 Å². The molecule has 3 rings (SSSR count). The molecule has 0 unspecified atom stereocenters. The van der Waals surface area contributed by atoms with Gasteiger partial charge < -0.3 is 20.3 Å². The fourth-order valence-corrected chi connectivity index (χ4v) is 3.17. The summed E-state index contributed by atoms with van der Waals surface area (Å²) in [5.74, 6) is -0.0739. The number of anilines is 3. The lowest BCUT2D eigenvalue weighted by Crippen LogP contribution is -2.26. The van der Waals surface area contributed by atoms with Crippen LogP contribution in [0.4, 0.5) is 17.1 Å². The van der Waals surface area contributed by atoms with Gasteiger partial charge in [-0.05, 0) is 49.7 Å². The van der Waals surface area contributed by atoms with Gasteiger partial charge in [-0.25, -0.2) is 0 Å². The van der Waals surface area contributed by atoms with Gasteiger partial charge in [0, 0.05) is 49.0 Å². The highest BCUT2D eigenvalue weighted by Crippen LogP contribution is 2.34. The minimum atomic E-state index is -0.0739. The van der Waals surface area contributed by atoms with E-state index in [1.807, 2.05) is 37.3 Å². The number of likely N-dealkylation sites (N-methyl/N-ethyl adjacent to an activating group) is 1. The van der Waals surface area contributed by atoms with Crippen molar-refractivity contribution in [1.29, 1.82) is 0 Å². The van der Waals surface area contributed by atoms with Gasteiger partial charge in [0.15, 0.2) is 0 Å². The van der Waals surface area contributed by atoms with E-state index in [4.69, 9.17) is 4.74 Å². The van der Waals surface area contributed by atoms with E-state index < -0.39 is 0 Å². The number of rotatable bonds is 7. The summed E-state index contributed by atoms with van der Waals surface area (Å²) in [6.07, 6.45) is 1.78. The van der Waals surface area contributed by atoms with Crippen LogP contribution in [-0.2, 0) is 9.53 Å². The number of hydrogen-bond donors (Lipinski definition) is 2. The van der Waals surface area contributed by atoms with Gasteiger partial charge in [0.2, 0.25) is 0 Å². The second kappa shape index (κ2) is 8.06. The van der Waals surface area contributed by atoms with E-state index >= 15 is 0 Å². The maximum absolute atomic E-state index is 12.2. The summed E-state index contributed by atoms with van der Waals surface area (Å²) in [5, 5.41) is 6.16. The number of nitrogens with zero attached hydrogens (tertiary/aromatic N) is 1. The summed E-state index contributed by atoms with van der Waals surface area (Å²) in [7, 11) is 1.72. The fourth-order valence-electron chi connectivity index (χ4n) is 3.17. The molecule has 26 heavy (non-hydrogen) atoms. The largest absolute Gasteiger partial charge is 0.383 e. The molecule has 136 valence electrons. The first-order chi connectivity index (χ1) is 12.6. The van der Waals surface area contributed by atoms with Crippen molar-refractivity contribution < 1.29 is 9.53 Å². The first-order valence-electron chi connectivity index (χ1n) is 8.86. The van der Waals surface area contributed by atoms with Crippen molar-refractivity contribution in [2.75, 3.05) is 42.3 Å². The number of nitrogens with one attached hydrogen (secondary N) is 2. The molecule has 5 heteroatoms. The summed E-state index contributed by atoms with van der Waals surface area (Å²) in [5.41, 5.74) is 5.69. The lowest BCUT2D eigenvalue weighted by atomic mass is 10.0. The molecule has 0 bridgehead atoms. The number of fused-ring (bicyclic) bond motifs is 1. The van der Waals surface area contributed by atoms with Crippen LogP contribution >= 0.6 is 0 Å². The monoisotopic (exact) mass is 351 g/mol. The van der Waals surface area contributed by atoms with Crippen LogP contribution in [-0.4, -0.2) is 32.7 Å². The molecule has 0 spiro atoms. The topological polar surface area (TPSA) is 53.6 Å². The Morgan fingerprint density at radius 1 is 1.19 bits per heavy atom. The van der Waals surface area contributed by atoms with Crippen molar-refractivity contribution in [1.82, 2.24) is 0 Å². The Kier molecular flexibility index (Phi) is 5.58. The molecule has 2 aromatic rings. The molecule has 0 atom stereocenters. The Morgan fingerprint density at radius 2 is 1.96 bits per heavy atom. The molecule has 2 N–H and O–H groups in total. The van der Waals surface area contributed by atoms with Crippen LogP contribution in [0.3, 0.4) is 0 Å². The number of carbonyl (C=O) groups excluding carboxylic acids is 1. The number of benzene rings is 2. The van der Waals surface area contributed by atoms with Crippen molar-refractivity contribution in [2.24, 2.45) is 0 Å². The van der Waals surface area contributed by atoms with Crippen molar-refractivity contribution >= 4 is 28.5 Å². The Morgan fingerprint density at radius 3 is 2.65 bits per heavy atom. The van der Waals surface area contributed by atoms with Crippen molar-refractivity contribution in [3.63, 3.8) is 0 Å². The molecule has 0 saturated heterocycles. The van der Waals surface area contributed by atoms with Crippen LogP contribution in [0.2, 0.25) is 0 Å². The second-order valence-corrected chi connectivity index (χ2v) is 6.27. The van der Waals surface area contributed by atoms with Gasteiger partial charge in [0.25, 0.3) is 5.91 Å². The molecule has 5 nitrogen and oxygen atoms in total. The quantitative estimate of drug-likeness (QED) is 0.744. The van der Waals surface area contributed by atoms with Crippen LogP contribution in [0.1, 0.15) is 18.1 Å². The number of aryl methyl sites for hydroxylation is 1. The minimum absolute atomic E-state index is 0.0739. The average molecular weight is 351 g/mol. The average Bonchev–Trinajstić information content (AvgIpc) is 2.98. The van der Waals surface area contributed by atoms with Crippen molar-refractivity contribution in [2.45, 2.75) is 13.8 Å². The highest BCUT2D eigenvalue weighted by Gasteiger charge is 2.25. The van der Waals surface area contributed by atoms with E-state index in [-0.39, 0.29) is 5.91 Å². The van der Waals surface area contributed by atoms with E-state index in [1.54, 1.807) is 13.3 Å². The van der Waals surface area contributed by atoms with Gasteiger partial charge in [-0.2, -0.15) is 0 Å². The lowest BCUT2D eigenvalue weighted by Gasteiger charge is -2.22. The number of carbonyl (C=O) groups is 1. The van der Waals surface area contributed by atoms with Gasteiger partial charge in [-0.3, -0.25) is 4.79 Å². The van der Waals surface area contributed by atoms with E-state index in [9.17, 15) is 4.79 Å². The minimum Gasteiger partial charge on any atom is -0.383 e. The summed E-state index contributed by atoms with van der Waals surface area (Å²) in [4.78, 5) is 14.5. The molecule has 0 aliphatic carbocycles. The zero-order chi connectivity index (χ0) is 18.5. The predicted octanol–water partition coefficient (Wildman–Crippen LogP) is 3.87. The Labute approximate surface area is 154 Å². The number of ether oxygens (including phenoxy) is 1. The van der Waals surface area contributed by atoms with Crippen LogP contribution < -0.4 is 15.5 Å². The maximum atomic E-state index is 12.2. The smallest absolute Gasteiger partial charge is 0.257 e. The third kappa shape index (κ3) is 3.73. The second-order valence-electron chi connectivity index (χ2n) is 6.27. The SMILES string of the molecule is CCN(CCOC)c1ccc(NC=C2C(=O)Nc3cccc(C)c32)cc1.